The van der Waals surface area contributed by atoms with Crippen LogP contribution < -0.4 is 5.48 Å². The average Bonchev–Trinajstić information content (AvgIpc) is 3.38. The van der Waals surface area contributed by atoms with Crippen molar-refractivity contribution in [3.8, 4) is 0 Å². The molecular formula is C23H22AsN2O5S. The number of fused-ring (bicyclic) bond motifs is 4. The summed E-state index contributed by atoms with van der Waals surface area (Å²) in [5, 5.41) is 11.2. The summed E-state index contributed by atoms with van der Waals surface area (Å²) < 4.78 is 31.6. The molecule has 1 amide bonds. The zero-order valence-corrected chi connectivity index (χ0v) is 19.9. The van der Waals surface area contributed by atoms with Gasteiger partial charge >= 0.3 is 191 Å². The van der Waals surface area contributed by atoms with Gasteiger partial charge in [-0.1, -0.05) is 0 Å². The van der Waals surface area contributed by atoms with Gasteiger partial charge in [-0.25, -0.2) is 0 Å². The zero-order valence-electron chi connectivity index (χ0n) is 17.2. The molecule has 4 aromatic rings. The number of carbonyl (C=O) groups is 1. The van der Waals surface area contributed by atoms with Crippen molar-refractivity contribution in [2.45, 2.75) is 41.7 Å². The molecule has 2 aromatic carbocycles. The summed E-state index contributed by atoms with van der Waals surface area (Å²) in [6.45, 7) is 0. The van der Waals surface area contributed by atoms with Crippen LogP contribution in [0.1, 0.15) is 29.7 Å². The zero-order chi connectivity index (χ0) is 22.3. The van der Waals surface area contributed by atoms with Gasteiger partial charge in [-0.2, -0.15) is 0 Å². The van der Waals surface area contributed by atoms with E-state index in [1.807, 2.05) is 30.3 Å². The van der Waals surface area contributed by atoms with Crippen molar-refractivity contribution in [2.24, 2.45) is 0 Å². The number of nitrogens with one attached hydrogen (secondary N) is 2. The van der Waals surface area contributed by atoms with Crippen molar-refractivity contribution >= 4 is 50.5 Å². The van der Waals surface area contributed by atoms with E-state index in [0.29, 0.717) is 5.58 Å². The molecular weight excluding hydrogens is 491 g/mol. The van der Waals surface area contributed by atoms with Crippen LogP contribution in [0.3, 0.4) is 0 Å². The number of para-hydroxylation sites is 1. The van der Waals surface area contributed by atoms with Crippen molar-refractivity contribution in [3.05, 3.63) is 65.5 Å². The van der Waals surface area contributed by atoms with E-state index in [1.165, 1.54) is 5.56 Å². The van der Waals surface area contributed by atoms with Gasteiger partial charge in [-0.3, -0.25) is 0 Å². The molecule has 1 atom stereocenters. The Labute approximate surface area is 190 Å². The van der Waals surface area contributed by atoms with Gasteiger partial charge in [0.15, 0.2) is 0 Å². The van der Waals surface area contributed by atoms with Crippen molar-refractivity contribution < 1.29 is 22.8 Å². The van der Waals surface area contributed by atoms with Crippen molar-refractivity contribution in [1.82, 2.24) is 10.5 Å². The second-order valence-corrected chi connectivity index (χ2v) is 15.3. The number of aromatic nitrogens is 1. The van der Waals surface area contributed by atoms with E-state index in [2.05, 4.69) is 4.98 Å². The Balaban J connectivity index is 1.45. The van der Waals surface area contributed by atoms with Gasteiger partial charge in [-0.05, 0) is 0 Å². The number of aryl methyl sites for hydroxylation is 2. The second-order valence-electron chi connectivity index (χ2n) is 8.00. The molecule has 1 unspecified atom stereocenters. The number of hydrogen-bond donors (Lipinski definition) is 3. The molecule has 3 N–H and O–H groups in total. The Hall–Kier alpha value is -2.54. The molecule has 1 aliphatic carbocycles. The third kappa shape index (κ3) is 3.87. The van der Waals surface area contributed by atoms with Crippen LogP contribution in [-0.2, 0) is 32.2 Å². The van der Waals surface area contributed by atoms with E-state index in [4.69, 9.17) is 4.42 Å². The van der Waals surface area contributed by atoms with Gasteiger partial charge in [0.2, 0.25) is 0 Å². The first-order valence-electron chi connectivity index (χ1n) is 10.5. The number of amides is 1. The van der Waals surface area contributed by atoms with Crippen LogP contribution in [0.15, 0.2) is 58.0 Å². The van der Waals surface area contributed by atoms with Gasteiger partial charge in [0, 0.05) is 0 Å². The number of benzene rings is 2. The third-order valence-corrected chi connectivity index (χ3v) is 12.9. The molecule has 0 spiro atoms. The van der Waals surface area contributed by atoms with Gasteiger partial charge in [0.05, 0.1) is 0 Å². The average molecular weight is 513 g/mol. The summed E-state index contributed by atoms with van der Waals surface area (Å²) >= 11 is -1.50. The van der Waals surface area contributed by atoms with Crippen molar-refractivity contribution in [1.29, 1.82) is 0 Å². The first-order chi connectivity index (χ1) is 15.5. The summed E-state index contributed by atoms with van der Waals surface area (Å²) in [6, 6.07) is 12.6. The molecule has 1 aliphatic rings. The van der Waals surface area contributed by atoms with Gasteiger partial charge in [0.25, 0.3) is 0 Å². The van der Waals surface area contributed by atoms with Crippen molar-refractivity contribution in [2.75, 3.05) is 0 Å². The van der Waals surface area contributed by atoms with Crippen LogP contribution in [0.5, 0.6) is 0 Å². The van der Waals surface area contributed by atoms with E-state index in [9.17, 15) is 18.4 Å². The molecule has 165 valence electrons. The predicted octanol–water partition coefficient (Wildman–Crippen LogP) is 3.72. The van der Waals surface area contributed by atoms with E-state index >= 15 is 0 Å². The number of hydroxylamine groups is 1. The Kier molecular flexibility index (Phi) is 5.61. The van der Waals surface area contributed by atoms with E-state index in [1.54, 1.807) is 23.8 Å². The topological polar surface area (TPSA) is 112 Å². The summed E-state index contributed by atoms with van der Waals surface area (Å²) in [5.41, 5.74) is 5.17. The van der Waals surface area contributed by atoms with Crippen LogP contribution in [0.25, 0.3) is 21.9 Å². The summed E-state index contributed by atoms with van der Waals surface area (Å²) in [6.07, 6.45) is 6.01. The number of furan rings is 1. The number of rotatable bonds is 6. The molecule has 5 rings (SSSR count). The second kappa shape index (κ2) is 8.43. The fourth-order valence-electron chi connectivity index (χ4n) is 4.39. The van der Waals surface area contributed by atoms with E-state index in [0.717, 1.165) is 53.3 Å². The third-order valence-electron chi connectivity index (χ3n) is 5.99. The monoisotopic (exact) mass is 513 g/mol. The first kappa shape index (κ1) is 21.3. The molecule has 0 aliphatic heterocycles. The maximum atomic E-state index is 13.3. The van der Waals surface area contributed by atoms with Crippen LogP contribution in [0.4, 0.5) is 0 Å². The molecule has 7 nitrogen and oxygen atoms in total. The van der Waals surface area contributed by atoms with Crippen LogP contribution in [0.2, 0.25) is 4.71 Å². The molecule has 0 saturated carbocycles. The molecule has 0 fully saturated rings. The molecule has 0 bridgehead atoms. The molecule has 9 heteroatoms. The summed E-state index contributed by atoms with van der Waals surface area (Å²) in [7, 11) is -3.71. The van der Waals surface area contributed by atoms with E-state index in [-0.39, 0.29) is 11.3 Å². The van der Waals surface area contributed by atoms with E-state index < -0.39 is 33.3 Å². The molecule has 1 radical (unpaired) electrons. The van der Waals surface area contributed by atoms with Gasteiger partial charge in [0.1, 0.15) is 0 Å². The summed E-state index contributed by atoms with van der Waals surface area (Å²) in [5.74, 6) is 0.263. The van der Waals surface area contributed by atoms with Crippen LogP contribution >= 0.6 is 0 Å². The molecule has 2 heterocycles. The molecule has 2 aromatic heterocycles. The number of carbonyl (C=O) groups excluding carboxylic acids is 1. The number of hydrogen-bond acceptors (Lipinski definition) is 5. The molecule has 32 heavy (non-hydrogen) atoms. The fourth-order valence-corrected chi connectivity index (χ4v) is 10.7. The van der Waals surface area contributed by atoms with Gasteiger partial charge in [-0.15, -0.1) is 0 Å². The number of H-pyrrole nitrogens is 1. The fraction of sp³-hybridized carbons (Fsp3) is 0.261. The Morgan fingerprint density at radius 3 is 2.81 bits per heavy atom. The van der Waals surface area contributed by atoms with Gasteiger partial charge < -0.3 is 0 Å². The van der Waals surface area contributed by atoms with Crippen molar-refractivity contribution in [3.63, 3.8) is 0 Å². The Morgan fingerprint density at radius 1 is 1.16 bits per heavy atom. The Bertz CT molecular complexity index is 1420. The molecule has 0 saturated heterocycles. The number of aromatic amines is 1. The summed E-state index contributed by atoms with van der Waals surface area (Å²) in [4.78, 5) is 15.7. The minimum absolute atomic E-state index is 0.158. The standard InChI is InChI=1S/C23H22AsN2O5S/c27-23(26-28)19(11-14-13-25-20-7-3-1-5-16(14)20)24-32(29,30)15-9-10-18-17-6-2-4-8-21(17)31-22(18)12-15/h1,3,5,7,9-10,12-13,19,25,28H,2,4,6,8,11H2,(H,26,27). The maximum absolute atomic E-state index is 13.3. The SMILES string of the molecule is O=C(NO)C(Cc1c[nH]c2ccccc12)[As]S(=O)(=O)c1ccc2c3c(oc2c1)CCCC3. The quantitative estimate of drug-likeness (QED) is 0.207. The first-order valence-corrected chi connectivity index (χ1v) is 15.3. The normalized spacial score (nSPS) is 15.4. The Morgan fingerprint density at radius 2 is 1.97 bits per heavy atom. The van der Waals surface area contributed by atoms with Crippen LogP contribution in [0, 0.1) is 0 Å². The predicted molar refractivity (Wildman–Crippen MR) is 121 cm³/mol. The van der Waals surface area contributed by atoms with Crippen LogP contribution in [-0.4, -0.2) is 39.1 Å². The minimum atomic E-state index is -3.71.